The van der Waals surface area contributed by atoms with Gasteiger partial charge in [-0.3, -0.25) is 14.5 Å². The van der Waals surface area contributed by atoms with Gasteiger partial charge in [0.1, 0.15) is 0 Å². The number of hydrogen-bond donors (Lipinski definition) is 2. The fraction of sp³-hybridized carbons (Fsp3) is 0.684. The molecule has 2 heterocycles. The van der Waals surface area contributed by atoms with Crippen LogP contribution in [-0.2, 0) is 9.59 Å². The minimum Gasteiger partial charge on any atom is -0.369 e. The summed E-state index contributed by atoms with van der Waals surface area (Å²) in [5.74, 6) is -0.866. The van der Waals surface area contributed by atoms with Crippen molar-refractivity contribution in [2.24, 2.45) is 17.6 Å². The summed E-state index contributed by atoms with van der Waals surface area (Å²) in [6, 6.07) is 0. The van der Waals surface area contributed by atoms with Gasteiger partial charge in [-0.15, -0.1) is 0 Å². The quantitative estimate of drug-likeness (QED) is 0.656. The summed E-state index contributed by atoms with van der Waals surface area (Å²) in [4.78, 5) is 36.4. The maximum atomic E-state index is 12.9. The molecule has 0 aromatic carbocycles. The molecule has 3 N–H and O–H groups in total. The van der Waals surface area contributed by atoms with Crippen LogP contribution in [0.4, 0.5) is 10.3 Å². The SMILES string of the molecule is NC(=O)C1CCCCC1C(=O)NCCCN1CCN(c2ncc(F)cn2)CC1. The Kier molecular flexibility index (Phi) is 7.13. The van der Waals surface area contributed by atoms with Crippen molar-refractivity contribution in [3.8, 4) is 0 Å². The van der Waals surface area contributed by atoms with Crippen molar-refractivity contribution in [2.45, 2.75) is 32.1 Å². The van der Waals surface area contributed by atoms with Crippen LogP contribution in [0.2, 0.25) is 0 Å². The number of aromatic nitrogens is 2. The Morgan fingerprint density at radius 3 is 2.39 bits per heavy atom. The number of anilines is 1. The molecule has 0 radical (unpaired) electrons. The molecule has 3 rings (SSSR count). The first kappa shape index (κ1) is 20.4. The van der Waals surface area contributed by atoms with E-state index in [1.165, 1.54) is 12.4 Å². The number of nitrogens with two attached hydrogens (primary N) is 1. The van der Waals surface area contributed by atoms with E-state index in [9.17, 15) is 14.0 Å². The Labute approximate surface area is 164 Å². The Hall–Kier alpha value is -2.29. The fourth-order valence-corrected chi connectivity index (χ4v) is 4.07. The third-order valence-corrected chi connectivity index (χ3v) is 5.68. The molecule has 8 nitrogen and oxygen atoms in total. The molecule has 1 saturated heterocycles. The second kappa shape index (κ2) is 9.77. The van der Waals surface area contributed by atoms with E-state index in [4.69, 9.17) is 5.73 Å². The van der Waals surface area contributed by atoms with E-state index in [1.54, 1.807) is 0 Å². The molecular formula is C19H29FN6O2. The van der Waals surface area contributed by atoms with Crippen molar-refractivity contribution in [2.75, 3.05) is 44.2 Å². The molecule has 28 heavy (non-hydrogen) atoms. The molecule has 1 aliphatic carbocycles. The van der Waals surface area contributed by atoms with Crippen LogP contribution in [0.5, 0.6) is 0 Å². The van der Waals surface area contributed by atoms with Crippen LogP contribution in [0.25, 0.3) is 0 Å². The molecule has 2 unspecified atom stereocenters. The van der Waals surface area contributed by atoms with Gasteiger partial charge in [-0.2, -0.15) is 0 Å². The highest BCUT2D eigenvalue weighted by molar-refractivity contribution is 5.87. The molecule has 1 saturated carbocycles. The normalized spacial score (nSPS) is 23.4. The molecule has 154 valence electrons. The van der Waals surface area contributed by atoms with E-state index in [0.29, 0.717) is 12.5 Å². The average molecular weight is 392 g/mol. The summed E-state index contributed by atoms with van der Waals surface area (Å²) < 4.78 is 12.9. The summed E-state index contributed by atoms with van der Waals surface area (Å²) in [6.45, 7) is 4.83. The van der Waals surface area contributed by atoms with Crippen LogP contribution in [0.15, 0.2) is 12.4 Å². The van der Waals surface area contributed by atoms with Gasteiger partial charge in [0.25, 0.3) is 0 Å². The lowest BCUT2D eigenvalue weighted by Crippen LogP contribution is -2.47. The van der Waals surface area contributed by atoms with Gasteiger partial charge >= 0.3 is 0 Å². The van der Waals surface area contributed by atoms with Gasteiger partial charge < -0.3 is 16.0 Å². The van der Waals surface area contributed by atoms with Crippen LogP contribution in [0.1, 0.15) is 32.1 Å². The number of primary amides is 1. The molecule has 2 fully saturated rings. The Balaban J connectivity index is 1.34. The van der Waals surface area contributed by atoms with E-state index >= 15 is 0 Å². The van der Waals surface area contributed by atoms with E-state index in [1.807, 2.05) is 4.90 Å². The monoisotopic (exact) mass is 392 g/mol. The van der Waals surface area contributed by atoms with Crippen LogP contribution >= 0.6 is 0 Å². The molecule has 9 heteroatoms. The van der Waals surface area contributed by atoms with Crippen LogP contribution in [0, 0.1) is 17.7 Å². The van der Waals surface area contributed by atoms with Crippen LogP contribution < -0.4 is 16.0 Å². The van der Waals surface area contributed by atoms with Crippen molar-refractivity contribution < 1.29 is 14.0 Å². The molecule has 1 aromatic rings. The molecule has 0 spiro atoms. The minimum absolute atomic E-state index is 0.0400. The first-order chi connectivity index (χ1) is 13.5. The largest absolute Gasteiger partial charge is 0.369 e. The van der Waals surface area contributed by atoms with Gasteiger partial charge in [0.15, 0.2) is 5.82 Å². The molecule has 1 aromatic heterocycles. The summed E-state index contributed by atoms with van der Waals surface area (Å²) in [6.07, 6.45) is 6.63. The van der Waals surface area contributed by atoms with Gasteiger partial charge in [-0.05, 0) is 25.8 Å². The number of hydrogen-bond acceptors (Lipinski definition) is 6. The number of carbonyl (C=O) groups excluding carboxylic acids is 2. The number of halogens is 1. The molecule has 2 atom stereocenters. The second-order valence-electron chi connectivity index (χ2n) is 7.57. The van der Waals surface area contributed by atoms with Crippen LogP contribution in [0.3, 0.4) is 0 Å². The van der Waals surface area contributed by atoms with Gasteiger partial charge in [0, 0.05) is 44.6 Å². The molecule has 2 amide bonds. The highest BCUT2D eigenvalue weighted by Crippen LogP contribution is 2.29. The Morgan fingerprint density at radius 2 is 1.75 bits per heavy atom. The lowest BCUT2D eigenvalue weighted by Gasteiger charge is -2.34. The van der Waals surface area contributed by atoms with Crippen molar-refractivity contribution in [1.29, 1.82) is 0 Å². The summed E-state index contributed by atoms with van der Waals surface area (Å²) in [5, 5.41) is 2.98. The fourth-order valence-electron chi connectivity index (χ4n) is 4.07. The minimum atomic E-state index is -0.431. The molecular weight excluding hydrogens is 363 g/mol. The lowest BCUT2D eigenvalue weighted by atomic mass is 9.78. The van der Waals surface area contributed by atoms with Crippen molar-refractivity contribution in [1.82, 2.24) is 20.2 Å². The molecule has 2 aliphatic rings. The summed E-state index contributed by atoms with van der Waals surface area (Å²) >= 11 is 0. The number of piperazine rings is 1. The number of nitrogens with zero attached hydrogens (tertiary/aromatic N) is 4. The van der Waals surface area contributed by atoms with E-state index in [0.717, 1.165) is 64.8 Å². The summed E-state index contributed by atoms with van der Waals surface area (Å²) in [5.41, 5.74) is 5.45. The number of carbonyl (C=O) groups is 2. The second-order valence-corrected chi connectivity index (χ2v) is 7.57. The Bertz CT molecular complexity index is 663. The van der Waals surface area contributed by atoms with Gasteiger partial charge in [0.2, 0.25) is 17.8 Å². The van der Waals surface area contributed by atoms with Crippen molar-refractivity contribution >= 4 is 17.8 Å². The standard InChI is InChI=1S/C19H29FN6O2/c20-14-12-23-19(24-13-14)26-10-8-25(9-11-26)7-3-6-22-18(28)16-5-2-1-4-15(16)17(21)27/h12-13,15-16H,1-11H2,(H2,21,27)(H,22,28). The van der Waals surface area contributed by atoms with Crippen molar-refractivity contribution in [3.63, 3.8) is 0 Å². The summed E-state index contributed by atoms with van der Waals surface area (Å²) in [7, 11) is 0. The topological polar surface area (TPSA) is 104 Å². The Morgan fingerprint density at radius 1 is 1.11 bits per heavy atom. The van der Waals surface area contributed by atoms with E-state index < -0.39 is 5.82 Å². The predicted octanol–water partition coefficient (Wildman–Crippen LogP) is 0.536. The predicted molar refractivity (Wildman–Crippen MR) is 103 cm³/mol. The maximum Gasteiger partial charge on any atom is 0.225 e. The number of amides is 2. The zero-order valence-corrected chi connectivity index (χ0v) is 16.1. The maximum absolute atomic E-state index is 12.9. The number of rotatable bonds is 7. The highest BCUT2D eigenvalue weighted by Gasteiger charge is 2.34. The third-order valence-electron chi connectivity index (χ3n) is 5.68. The number of nitrogens with one attached hydrogen (secondary N) is 1. The van der Waals surface area contributed by atoms with Gasteiger partial charge in [-0.25, -0.2) is 14.4 Å². The highest BCUT2D eigenvalue weighted by atomic mass is 19.1. The third kappa shape index (κ3) is 5.37. The molecule has 1 aliphatic heterocycles. The smallest absolute Gasteiger partial charge is 0.225 e. The zero-order chi connectivity index (χ0) is 19.9. The van der Waals surface area contributed by atoms with Crippen LogP contribution in [-0.4, -0.2) is 66.0 Å². The van der Waals surface area contributed by atoms with E-state index in [2.05, 4.69) is 20.2 Å². The van der Waals surface area contributed by atoms with Gasteiger partial charge in [0.05, 0.1) is 12.4 Å². The van der Waals surface area contributed by atoms with Gasteiger partial charge in [-0.1, -0.05) is 12.8 Å². The average Bonchev–Trinajstić information content (AvgIpc) is 2.72. The first-order valence-electron chi connectivity index (χ1n) is 10.1. The first-order valence-corrected chi connectivity index (χ1v) is 10.1. The zero-order valence-electron chi connectivity index (χ0n) is 16.1. The molecule has 0 bridgehead atoms. The lowest BCUT2D eigenvalue weighted by molar-refractivity contribution is -0.134. The van der Waals surface area contributed by atoms with Crippen molar-refractivity contribution in [3.05, 3.63) is 18.2 Å². The van der Waals surface area contributed by atoms with E-state index in [-0.39, 0.29) is 23.7 Å².